The smallest absolute Gasteiger partial charge is 0.133 e. The molecule has 0 radical (unpaired) electrons. The second-order valence-corrected chi connectivity index (χ2v) is 10.4. The molecule has 3 N–H and O–H groups in total. The molecule has 0 aromatic rings. The van der Waals surface area contributed by atoms with Gasteiger partial charge in [-0.15, -0.1) is 0 Å². The first-order chi connectivity index (χ1) is 12.7. The van der Waals surface area contributed by atoms with Crippen LogP contribution < -0.4 is 0 Å². The molecule has 27 heavy (non-hydrogen) atoms. The van der Waals surface area contributed by atoms with E-state index in [1.54, 1.807) is 6.92 Å². The molecule has 4 heteroatoms. The summed E-state index contributed by atoms with van der Waals surface area (Å²) >= 11 is 0. The SMILES string of the molecule is CC(=O)[C@H]1CC[C@H]2[C@@H]3CC=C4CC(C(O)CO)CC[C@]4(C)[C@H]3C(O)C[C@]12C. The minimum atomic E-state index is -0.640. The number of aliphatic hydroxyl groups excluding tert-OH is 3. The zero-order valence-electron chi connectivity index (χ0n) is 17.0. The van der Waals surface area contributed by atoms with Gasteiger partial charge in [0.25, 0.3) is 0 Å². The Morgan fingerprint density at radius 2 is 2.04 bits per heavy atom. The van der Waals surface area contributed by atoms with Gasteiger partial charge in [0, 0.05) is 5.92 Å². The van der Waals surface area contributed by atoms with Gasteiger partial charge >= 0.3 is 0 Å². The van der Waals surface area contributed by atoms with Crippen molar-refractivity contribution in [3.63, 3.8) is 0 Å². The lowest BCUT2D eigenvalue weighted by Crippen LogP contribution is -2.56. The molecule has 9 atom stereocenters. The van der Waals surface area contributed by atoms with Crippen LogP contribution in [0.5, 0.6) is 0 Å². The van der Waals surface area contributed by atoms with Crippen molar-refractivity contribution in [3.8, 4) is 0 Å². The molecule has 152 valence electrons. The van der Waals surface area contributed by atoms with E-state index in [0.29, 0.717) is 17.6 Å². The predicted molar refractivity (Wildman–Crippen MR) is 104 cm³/mol. The van der Waals surface area contributed by atoms with Crippen molar-refractivity contribution in [2.45, 2.75) is 77.9 Å². The Morgan fingerprint density at radius 3 is 2.70 bits per heavy atom. The van der Waals surface area contributed by atoms with Gasteiger partial charge in [-0.05, 0) is 86.4 Å². The molecule has 0 heterocycles. The van der Waals surface area contributed by atoms with Gasteiger partial charge in [0.2, 0.25) is 0 Å². The number of hydrogen-bond acceptors (Lipinski definition) is 4. The van der Waals surface area contributed by atoms with Crippen LogP contribution in [0.1, 0.15) is 65.7 Å². The van der Waals surface area contributed by atoms with E-state index >= 15 is 0 Å². The zero-order chi connectivity index (χ0) is 19.6. The second kappa shape index (κ2) is 6.67. The molecular weight excluding hydrogens is 340 g/mol. The van der Waals surface area contributed by atoms with Crippen molar-refractivity contribution >= 4 is 5.78 Å². The molecule has 0 aromatic heterocycles. The summed E-state index contributed by atoms with van der Waals surface area (Å²) in [6, 6.07) is 0. The Bertz CT molecular complexity index is 642. The van der Waals surface area contributed by atoms with Crippen LogP contribution in [-0.2, 0) is 4.79 Å². The lowest BCUT2D eigenvalue weighted by Gasteiger charge is -2.60. The Hall–Kier alpha value is -0.710. The molecule has 0 spiro atoms. The topological polar surface area (TPSA) is 77.8 Å². The minimum Gasteiger partial charge on any atom is -0.394 e. The van der Waals surface area contributed by atoms with Gasteiger partial charge in [-0.2, -0.15) is 0 Å². The van der Waals surface area contributed by atoms with Gasteiger partial charge in [0.1, 0.15) is 5.78 Å². The largest absolute Gasteiger partial charge is 0.394 e. The third kappa shape index (κ3) is 2.78. The Kier molecular flexibility index (Phi) is 4.84. The lowest BCUT2D eigenvalue weighted by molar-refractivity contribution is -0.140. The monoisotopic (exact) mass is 376 g/mol. The van der Waals surface area contributed by atoms with Crippen molar-refractivity contribution in [1.82, 2.24) is 0 Å². The molecule has 0 saturated heterocycles. The highest BCUT2D eigenvalue weighted by molar-refractivity contribution is 5.79. The summed E-state index contributed by atoms with van der Waals surface area (Å²) in [6.07, 6.45) is 7.92. The molecule has 0 aliphatic heterocycles. The van der Waals surface area contributed by atoms with E-state index in [0.717, 1.165) is 44.9 Å². The fraction of sp³-hybridized carbons (Fsp3) is 0.870. The number of rotatable bonds is 3. The van der Waals surface area contributed by atoms with E-state index in [9.17, 15) is 20.1 Å². The lowest BCUT2D eigenvalue weighted by atomic mass is 9.46. The number of ketones is 1. The Morgan fingerprint density at radius 1 is 1.30 bits per heavy atom. The number of Topliss-reactive ketones (excluding diaryl/α,β-unsaturated/α-hetero) is 1. The first kappa shape index (κ1) is 19.6. The molecule has 4 nitrogen and oxygen atoms in total. The summed E-state index contributed by atoms with van der Waals surface area (Å²) in [7, 11) is 0. The predicted octanol–water partition coefficient (Wildman–Crippen LogP) is 3.09. The Balaban J connectivity index is 1.65. The van der Waals surface area contributed by atoms with Crippen molar-refractivity contribution in [2.75, 3.05) is 6.61 Å². The number of carbonyl (C=O) groups is 1. The van der Waals surface area contributed by atoms with E-state index in [2.05, 4.69) is 19.9 Å². The summed E-state index contributed by atoms with van der Waals surface area (Å²) in [5, 5.41) is 30.8. The summed E-state index contributed by atoms with van der Waals surface area (Å²) in [4.78, 5) is 12.3. The Labute approximate surface area is 163 Å². The van der Waals surface area contributed by atoms with E-state index < -0.39 is 6.10 Å². The molecule has 0 bridgehead atoms. The highest BCUT2D eigenvalue weighted by atomic mass is 16.3. The molecule has 3 fully saturated rings. The molecule has 3 saturated carbocycles. The number of allylic oxidation sites excluding steroid dienone is 2. The van der Waals surface area contributed by atoms with Crippen LogP contribution >= 0.6 is 0 Å². The van der Waals surface area contributed by atoms with Gasteiger partial charge in [0.05, 0.1) is 18.8 Å². The quantitative estimate of drug-likeness (QED) is 0.662. The van der Waals surface area contributed by atoms with E-state index in [4.69, 9.17) is 0 Å². The van der Waals surface area contributed by atoms with Gasteiger partial charge in [-0.25, -0.2) is 0 Å². The maximum atomic E-state index is 12.3. The van der Waals surface area contributed by atoms with Crippen LogP contribution in [0.15, 0.2) is 11.6 Å². The van der Waals surface area contributed by atoms with Crippen LogP contribution in [0.3, 0.4) is 0 Å². The standard InChI is InChI=1S/C23H36O4/c1-13(25)17-6-7-18-16-5-4-15-10-14(20(27)12-24)8-9-22(15,2)21(16)19(26)11-23(17,18)3/h4,14,16-21,24,26-27H,5-12H2,1-3H3/t14?,16-,17+,18-,19?,20?,21+,22-,23+/m0/s1. The van der Waals surface area contributed by atoms with Gasteiger partial charge < -0.3 is 15.3 Å². The number of aliphatic hydroxyl groups is 3. The average molecular weight is 377 g/mol. The fourth-order valence-electron chi connectivity index (χ4n) is 7.97. The minimum absolute atomic E-state index is 0.0103. The highest BCUT2D eigenvalue weighted by Crippen LogP contribution is 2.66. The molecular formula is C23H36O4. The van der Waals surface area contributed by atoms with Crippen molar-refractivity contribution in [3.05, 3.63) is 11.6 Å². The van der Waals surface area contributed by atoms with Gasteiger partial charge in [0.15, 0.2) is 0 Å². The van der Waals surface area contributed by atoms with Crippen LogP contribution in [0.2, 0.25) is 0 Å². The normalized spacial score (nSPS) is 50.2. The van der Waals surface area contributed by atoms with Crippen molar-refractivity contribution in [1.29, 1.82) is 0 Å². The van der Waals surface area contributed by atoms with Gasteiger partial charge in [-0.3, -0.25) is 4.79 Å². The third-order valence-corrected chi connectivity index (χ3v) is 9.30. The first-order valence-corrected chi connectivity index (χ1v) is 10.9. The molecule has 3 unspecified atom stereocenters. The molecule has 4 rings (SSSR count). The van der Waals surface area contributed by atoms with Crippen LogP contribution in [0, 0.1) is 40.4 Å². The van der Waals surface area contributed by atoms with Crippen molar-refractivity contribution in [2.24, 2.45) is 40.4 Å². The number of fused-ring (bicyclic) bond motifs is 5. The summed E-state index contributed by atoms with van der Waals surface area (Å²) in [6.45, 7) is 6.13. The second-order valence-electron chi connectivity index (χ2n) is 10.4. The van der Waals surface area contributed by atoms with Gasteiger partial charge in [-0.1, -0.05) is 25.5 Å². The first-order valence-electron chi connectivity index (χ1n) is 10.9. The van der Waals surface area contributed by atoms with E-state index in [1.165, 1.54) is 5.57 Å². The number of carbonyl (C=O) groups excluding carboxylic acids is 1. The number of hydrogen-bond donors (Lipinski definition) is 3. The maximum Gasteiger partial charge on any atom is 0.133 e. The molecule has 0 aromatic carbocycles. The highest BCUT2D eigenvalue weighted by Gasteiger charge is 2.62. The third-order valence-electron chi connectivity index (χ3n) is 9.30. The average Bonchev–Trinajstić information content (AvgIpc) is 2.96. The molecule has 4 aliphatic rings. The van der Waals surface area contributed by atoms with Crippen molar-refractivity contribution < 1.29 is 20.1 Å². The zero-order valence-corrected chi connectivity index (χ0v) is 17.0. The summed E-state index contributed by atoms with van der Waals surface area (Å²) in [5.74, 6) is 1.76. The van der Waals surface area contributed by atoms with Crippen LogP contribution in [0.25, 0.3) is 0 Å². The van der Waals surface area contributed by atoms with E-state index in [-0.39, 0.29) is 41.3 Å². The molecule has 4 aliphatic carbocycles. The van der Waals surface area contributed by atoms with Crippen LogP contribution in [0.4, 0.5) is 0 Å². The van der Waals surface area contributed by atoms with E-state index in [1.807, 2.05) is 0 Å². The molecule has 0 amide bonds. The fourth-order valence-corrected chi connectivity index (χ4v) is 7.97. The maximum absolute atomic E-state index is 12.3. The van der Waals surface area contributed by atoms with Crippen LogP contribution in [-0.4, -0.2) is 39.9 Å². The summed E-state index contributed by atoms with van der Waals surface area (Å²) < 4.78 is 0. The summed E-state index contributed by atoms with van der Waals surface area (Å²) in [5.41, 5.74) is 1.32.